The Labute approximate surface area is 99.2 Å². The minimum atomic E-state index is -0.194. The van der Waals surface area contributed by atoms with Gasteiger partial charge in [-0.15, -0.1) is 5.10 Å². The number of aryl methyl sites for hydroxylation is 1. The highest BCUT2D eigenvalue weighted by Crippen LogP contribution is 2.29. The minimum absolute atomic E-state index is 0.194. The van der Waals surface area contributed by atoms with Crippen molar-refractivity contribution in [3.05, 3.63) is 41.2 Å². The molecular weight excluding hydrogens is 216 g/mol. The summed E-state index contributed by atoms with van der Waals surface area (Å²) < 4.78 is 7.18. The predicted octanol–water partition coefficient (Wildman–Crippen LogP) is 0.798. The monoisotopic (exact) mass is 230 g/mol. The number of nitrogens with zero attached hydrogens (tertiary/aromatic N) is 3. The molecule has 1 aliphatic heterocycles. The van der Waals surface area contributed by atoms with Crippen LogP contribution >= 0.6 is 0 Å². The van der Waals surface area contributed by atoms with Gasteiger partial charge >= 0.3 is 0 Å². The van der Waals surface area contributed by atoms with E-state index in [9.17, 15) is 0 Å². The molecular formula is C12H14N4O. The SMILES string of the molecule is Cn1nncc1C(N)c1ccc2c(c1)CCO2. The Morgan fingerprint density at radius 3 is 3.12 bits per heavy atom. The zero-order valence-corrected chi connectivity index (χ0v) is 9.63. The molecule has 1 aromatic heterocycles. The van der Waals surface area contributed by atoms with Gasteiger partial charge in [0.1, 0.15) is 5.75 Å². The zero-order chi connectivity index (χ0) is 11.8. The number of hydrogen-bond donors (Lipinski definition) is 1. The van der Waals surface area contributed by atoms with Crippen molar-refractivity contribution < 1.29 is 4.74 Å². The van der Waals surface area contributed by atoms with Crippen molar-refractivity contribution >= 4 is 0 Å². The third-order valence-corrected chi connectivity index (χ3v) is 3.14. The topological polar surface area (TPSA) is 66.0 Å². The Morgan fingerprint density at radius 1 is 1.47 bits per heavy atom. The second-order valence-corrected chi connectivity index (χ2v) is 4.23. The molecule has 5 nitrogen and oxygen atoms in total. The average molecular weight is 230 g/mol. The first kappa shape index (κ1) is 10.3. The van der Waals surface area contributed by atoms with Crippen LogP contribution in [0.3, 0.4) is 0 Å². The van der Waals surface area contributed by atoms with Gasteiger partial charge in [-0.3, -0.25) is 4.68 Å². The van der Waals surface area contributed by atoms with E-state index < -0.39 is 0 Å². The van der Waals surface area contributed by atoms with Gasteiger partial charge in [-0.25, -0.2) is 0 Å². The Morgan fingerprint density at radius 2 is 2.35 bits per heavy atom. The Bertz CT molecular complexity index is 549. The minimum Gasteiger partial charge on any atom is -0.493 e. The second kappa shape index (κ2) is 3.85. The van der Waals surface area contributed by atoms with E-state index in [-0.39, 0.29) is 6.04 Å². The lowest BCUT2D eigenvalue weighted by Gasteiger charge is -2.12. The number of benzene rings is 1. The Balaban J connectivity index is 1.97. The smallest absolute Gasteiger partial charge is 0.122 e. The number of nitrogens with two attached hydrogens (primary N) is 1. The third-order valence-electron chi connectivity index (χ3n) is 3.14. The second-order valence-electron chi connectivity index (χ2n) is 4.23. The van der Waals surface area contributed by atoms with Crippen LogP contribution < -0.4 is 10.5 Å². The van der Waals surface area contributed by atoms with Gasteiger partial charge in [0.05, 0.1) is 24.5 Å². The maximum Gasteiger partial charge on any atom is 0.122 e. The highest BCUT2D eigenvalue weighted by molar-refractivity contribution is 5.42. The number of fused-ring (bicyclic) bond motifs is 1. The van der Waals surface area contributed by atoms with Crippen molar-refractivity contribution in [2.45, 2.75) is 12.5 Å². The van der Waals surface area contributed by atoms with Crippen LogP contribution in [0.2, 0.25) is 0 Å². The molecule has 3 rings (SSSR count). The van der Waals surface area contributed by atoms with Crippen molar-refractivity contribution in [2.24, 2.45) is 12.8 Å². The van der Waals surface area contributed by atoms with Gasteiger partial charge in [0.25, 0.3) is 0 Å². The van der Waals surface area contributed by atoms with Crippen LogP contribution in [0.4, 0.5) is 0 Å². The number of hydrogen-bond acceptors (Lipinski definition) is 4. The lowest BCUT2D eigenvalue weighted by Crippen LogP contribution is -2.16. The van der Waals surface area contributed by atoms with Crippen LogP contribution in [-0.2, 0) is 13.5 Å². The highest BCUT2D eigenvalue weighted by atomic mass is 16.5. The lowest BCUT2D eigenvalue weighted by atomic mass is 10.0. The van der Waals surface area contributed by atoms with Crippen LogP contribution in [0.25, 0.3) is 0 Å². The first-order valence-corrected chi connectivity index (χ1v) is 5.61. The van der Waals surface area contributed by atoms with E-state index in [2.05, 4.69) is 16.4 Å². The average Bonchev–Trinajstić information content (AvgIpc) is 2.95. The predicted molar refractivity (Wildman–Crippen MR) is 62.7 cm³/mol. The van der Waals surface area contributed by atoms with Gasteiger partial charge in [-0.05, 0) is 17.2 Å². The summed E-state index contributed by atoms with van der Waals surface area (Å²) in [6.07, 6.45) is 2.66. The van der Waals surface area contributed by atoms with Gasteiger partial charge in [-0.2, -0.15) is 0 Å². The molecule has 0 saturated carbocycles. The van der Waals surface area contributed by atoms with Crippen molar-refractivity contribution in [1.82, 2.24) is 15.0 Å². The van der Waals surface area contributed by atoms with Crippen molar-refractivity contribution in [1.29, 1.82) is 0 Å². The first-order valence-electron chi connectivity index (χ1n) is 5.61. The van der Waals surface area contributed by atoms with E-state index in [4.69, 9.17) is 10.5 Å². The molecule has 2 heterocycles. The van der Waals surface area contributed by atoms with E-state index >= 15 is 0 Å². The lowest BCUT2D eigenvalue weighted by molar-refractivity contribution is 0.357. The quantitative estimate of drug-likeness (QED) is 0.828. The number of aromatic nitrogens is 3. The van der Waals surface area contributed by atoms with Crippen LogP contribution in [-0.4, -0.2) is 21.6 Å². The fraction of sp³-hybridized carbons (Fsp3) is 0.333. The Kier molecular flexibility index (Phi) is 2.33. The molecule has 0 fully saturated rings. The summed E-state index contributed by atoms with van der Waals surface area (Å²) in [5.74, 6) is 0.976. The molecule has 0 saturated heterocycles. The first-order chi connectivity index (χ1) is 8.25. The van der Waals surface area contributed by atoms with E-state index in [0.717, 1.165) is 30.0 Å². The summed E-state index contributed by atoms with van der Waals surface area (Å²) >= 11 is 0. The molecule has 88 valence electrons. The molecule has 0 aliphatic carbocycles. The molecule has 0 radical (unpaired) electrons. The van der Waals surface area contributed by atoms with E-state index in [1.54, 1.807) is 10.9 Å². The van der Waals surface area contributed by atoms with Crippen molar-refractivity contribution in [3.8, 4) is 5.75 Å². The fourth-order valence-electron chi connectivity index (χ4n) is 2.15. The van der Waals surface area contributed by atoms with Gasteiger partial charge in [0, 0.05) is 13.5 Å². The largest absolute Gasteiger partial charge is 0.493 e. The maximum atomic E-state index is 6.21. The van der Waals surface area contributed by atoms with Gasteiger partial charge in [-0.1, -0.05) is 17.3 Å². The molecule has 17 heavy (non-hydrogen) atoms. The van der Waals surface area contributed by atoms with Crippen LogP contribution in [0.15, 0.2) is 24.4 Å². The molecule has 1 atom stereocenters. The fourth-order valence-corrected chi connectivity index (χ4v) is 2.15. The van der Waals surface area contributed by atoms with Crippen LogP contribution in [0.1, 0.15) is 22.9 Å². The standard InChI is InChI=1S/C12H14N4O/c1-16-10(7-14-15-16)12(13)9-2-3-11-8(6-9)4-5-17-11/h2-3,6-7,12H,4-5,13H2,1H3. The molecule has 2 N–H and O–H groups in total. The van der Waals surface area contributed by atoms with Crippen LogP contribution in [0.5, 0.6) is 5.75 Å². The van der Waals surface area contributed by atoms with E-state index in [0.29, 0.717) is 0 Å². The normalized spacial score (nSPS) is 15.4. The summed E-state index contributed by atoms with van der Waals surface area (Å²) in [5.41, 5.74) is 9.42. The van der Waals surface area contributed by atoms with Gasteiger partial charge < -0.3 is 10.5 Å². The summed E-state index contributed by atoms with van der Waals surface area (Å²) in [7, 11) is 1.85. The Hall–Kier alpha value is -1.88. The maximum absolute atomic E-state index is 6.21. The van der Waals surface area contributed by atoms with Gasteiger partial charge in [0.15, 0.2) is 0 Å². The van der Waals surface area contributed by atoms with E-state index in [1.165, 1.54) is 5.56 Å². The zero-order valence-electron chi connectivity index (χ0n) is 9.63. The number of ether oxygens (including phenoxy) is 1. The van der Waals surface area contributed by atoms with Crippen molar-refractivity contribution in [3.63, 3.8) is 0 Å². The molecule has 0 amide bonds. The molecule has 1 aromatic carbocycles. The highest BCUT2D eigenvalue weighted by Gasteiger charge is 2.17. The molecule has 5 heteroatoms. The molecule has 0 spiro atoms. The van der Waals surface area contributed by atoms with Crippen molar-refractivity contribution in [2.75, 3.05) is 6.61 Å². The van der Waals surface area contributed by atoms with Gasteiger partial charge in [0.2, 0.25) is 0 Å². The summed E-state index contributed by atoms with van der Waals surface area (Å²) in [6.45, 7) is 0.765. The summed E-state index contributed by atoms with van der Waals surface area (Å²) in [6, 6.07) is 5.91. The van der Waals surface area contributed by atoms with Crippen LogP contribution in [0, 0.1) is 0 Å². The molecule has 1 aliphatic rings. The van der Waals surface area contributed by atoms with E-state index in [1.807, 2.05) is 19.2 Å². The molecule has 1 unspecified atom stereocenters. The summed E-state index contributed by atoms with van der Waals surface area (Å²) in [5, 5.41) is 7.75. The molecule has 0 bridgehead atoms. The summed E-state index contributed by atoms with van der Waals surface area (Å²) in [4.78, 5) is 0. The third kappa shape index (κ3) is 1.68. The molecule has 2 aromatic rings. The number of rotatable bonds is 2.